The molecule has 2 heterocycles. The molecule has 0 aliphatic carbocycles. The van der Waals surface area contributed by atoms with Gasteiger partial charge in [-0.3, -0.25) is 14.6 Å². The number of benzene rings is 2. The van der Waals surface area contributed by atoms with Crippen LogP contribution in [0, 0.1) is 0 Å². The van der Waals surface area contributed by atoms with Crippen LogP contribution >= 0.6 is 24.0 Å². The zero-order chi connectivity index (χ0) is 21.5. The van der Waals surface area contributed by atoms with Gasteiger partial charge in [-0.15, -0.1) is 24.0 Å². The molecule has 1 fully saturated rings. The molecule has 2 atom stereocenters. The highest BCUT2D eigenvalue weighted by molar-refractivity contribution is 14.0. The van der Waals surface area contributed by atoms with Crippen LogP contribution in [0.5, 0.6) is 0 Å². The van der Waals surface area contributed by atoms with E-state index in [-0.39, 0.29) is 24.0 Å². The van der Waals surface area contributed by atoms with Crippen LogP contribution in [-0.4, -0.2) is 46.3 Å². The fraction of sp³-hybridized carbons (Fsp3) is 0.360. The van der Waals surface area contributed by atoms with E-state index >= 15 is 0 Å². The minimum absolute atomic E-state index is 0. The summed E-state index contributed by atoms with van der Waals surface area (Å²) < 4.78 is 1.95. The van der Waals surface area contributed by atoms with Crippen molar-refractivity contribution in [3.63, 3.8) is 0 Å². The number of hydrogen-bond acceptors (Lipinski definition) is 3. The molecule has 6 nitrogen and oxygen atoms in total. The largest absolute Gasteiger partial charge is 0.352 e. The Morgan fingerprint density at radius 3 is 2.50 bits per heavy atom. The first-order valence-corrected chi connectivity index (χ1v) is 11.0. The van der Waals surface area contributed by atoms with Crippen molar-refractivity contribution in [2.45, 2.75) is 45.1 Å². The summed E-state index contributed by atoms with van der Waals surface area (Å²) in [5, 5.41) is 11.5. The second-order valence-corrected chi connectivity index (χ2v) is 8.24. The van der Waals surface area contributed by atoms with Crippen molar-refractivity contribution in [1.29, 1.82) is 0 Å². The average molecular weight is 544 g/mol. The highest BCUT2D eigenvalue weighted by Crippen LogP contribution is 2.20. The van der Waals surface area contributed by atoms with Gasteiger partial charge in [0.2, 0.25) is 0 Å². The number of rotatable bonds is 7. The maximum Gasteiger partial charge on any atom is 0.191 e. The molecule has 170 valence electrons. The molecule has 0 saturated carbocycles. The summed E-state index contributed by atoms with van der Waals surface area (Å²) in [4.78, 5) is 7.01. The second-order valence-electron chi connectivity index (χ2n) is 8.24. The Bertz CT molecular complexity index is 973. The van der Waals surface area contributed by atoms with Crippen LogP contribution in [0.15, 0.2) is 78.0 Å². The third-order valence-electron chi connectivity index (χ3n) is 5.95. The van der Waals surface area contributed by atoms with E-state index in [1.165, 1.54) is 16.7 Å². The van der Waals surface area contributed by atoms with Crippen LogP contribution < -0.4 is 10.6 Å². The van der Waals surface area contributed by atoms with Crippen molar-refractivity contribution in [2.75, 3.05) is 13.6 Å². The van der Waals surface area contributed by atoms with Crippen molar-refractivity contribution >= 4 is 29.9 Å². The van der Waals surface area contributed by atoms with Gasteiger partial charge in [-0.1, -0.05) is 54.6 Å². The fourth-order valence-electron chi connectivity index (χ4n) is 4.26. The minimum atomic E-state index is 0. The summed E-state index contributed by atoms with van der Waals surface area (Å²) in [5.74, 6) is 0.854. The van der Waals surface area contributed by atoms with Gasteiger partial charge < -0.3 is 10.6 Å². The number of guanidine groups is 1. The van der Waals surface area contributed by atoms with Crippen LogP contribution in [0.25, 0.3) is 0 Å². The molecule has 2 N–H and O–H groups in total. The number of hydrogen-bond donors (Lipinski definition) is 2. The lowest BCUT2D eigenvalue weighted by molar-refractivity contribution is 0.258. The zero-order valence-corrected chi connectivity index (χ0v) is 21.1. The van der Waals surface area contributed by atoms with Gasteiger partial charge in [0.15, 0.2) is 5.96 Å². The van der Waals surface area contributed by atoms with Gasteiger partial charge in [0.05, 0.1) is 6.54 Å². The summed E-state index contributed by atoms with van der Waals surface area (Å²) >= 11 is 0. The van der Waals surface area contributed by atoms with Gasteiger partial charge in [-0.25, -0.2) is 0 Å². The van der Waals surface area contributed by atoms with E-state index in [9.17, 15) is 0 Å². The summed E-state index contributed by atoms with van der Waals surface area (Å²) in [6.45, 7) is 5.82. The Kier molecular flexibility index (Phi) is 9.11. The number of aliphatic imine (C=N–C) groups is 1. The summed E-state index contributed by atoms with van der Waals surface area (Å²) in [5.41, 5.74) is 3.88. The van der Waals surface area contributed by atoms with E-state index < -0.39 is 0 Å². The predicted octanol–water partition coefficient (Wildman–Crippen LogP) is 3.88. The number of aromatic nitrogens is 2. The van der Waals surface area contributed by atoms with Gasteiger partial charge in [0, 0.05) is 51.2 Å². The van der Waals surface area contributed by atoms with Crippen LogP contribution in [0.1, 0.15) is 30.0 Å². The van der Waals surface area contributed by atoms with Crippen molar-refractivity contribution < 1.29 is 0 Å². The first-order valence-electron chi connectivity index (χ1n) is 11.0. The molecule has 2 aromatic carbocycles. The lowest BCUT2D eigenvalue weighted by Gasteiger charge is -2.21. The standard InChI is InChI=1S/C25H32N6.HI/c1-20-15-24(19-30(20)17-21-9-4-3-5-10-21)29-25(26-2)27-16-22-11-6-7-12-23(22)18-31-14-8-13-28-31;/h3-14,20,24H,15-19H2,1-2H3,(H2,26,27,29);1H. The van der Waals surface area contributed by atoms with E-state index in [1.807, 2.05) is 30.2 Å². The number of nitrogens with one attached hydrogen (secondary N) is 2. The highest BCUT2D eigenvalue weighted by atomic mass is 127. The maximum absolute atomic E-state index is 4.46. The van der Waals surface area contributed by atoms with E-state index in [4.69, 9.17) is 0 Å². The lowest BCUT2D eigenvalue weighted by Crippen LogP contribution is -2.44. The Labute approximate surface area is 208 Å². The molecule has 1 aromatic heterocycles. The number of likely N-dealkylation sites (tertiary alicyclic amines) is 1. The summed E-state index contributed by atoms with van der Waals surface area (Å²) in [7, 11) is 1.84. The SMILES string of the molecule is CN=C(NCc1ccccc1Cn1cccn1)NC1CC(C)N(Cc2ccccc2)C1.I. The zero-order valence-electron chi connectivity index (χ0n) is 18.8. The van der Waals surface area contributed by atoms with E-state index in [2.05, 4.69) is 87.1 Å². The third-order valence-corrected chi connectivity index (χ3v) is 5.95. The van der Waals surface area contributed by atoms with Gasteiger partial charge in [0.25, 0.3) is 0 Å². The molecule has 2 unspecified atom stereocenters. The van der Waals surface area contributed by atoms with Gasteiger partial charge in [0.1, 0.15) is 0 Å². The van der Waals surface area contributed by atoms with E-state index in [0.29, 0.717) is 12.1 Å². The summed E-state index contributed by atoms with van der Waals surface area (Å²) in [6, 6.07) is 22.1. The summed E-state index contributed by atoms with van der Waals surface area (Å²) in [6.07, 6.45) is 4.92. The molecule has 0 bridgehead atoms. The fourth-order valence-corrected chi connectivity index (χ4v) is 4.26. The molecule has 1 aliphatic rings. The third kappa shape index (κ3) is 6.56. The number of nitrogens with zero attached hydrogens (tertiary/aromatic N) is 4. The monoisotopic (exact) mass is 544 g/mol. The second kappa shape index (κ2) is 12.0. The van der Waals surface area contributed by atoms with Gasteiger partial charge in [-0.05, 0) is 36.1 Å². The van der Waals surface area contributed by atoms with E-state index in [0.717, 1.165) is 38.6 Å². The molecule has 0 amide bonds. The van der Waals surface area contributed by atoms with Crippen LogP contribution in [0.2, 0.25) is 0 Å². The topological polar surface area (TPSA) is 57.5 Å². The Morgan fingerprint density at radius 1 is 1.03 bits per heavy atom. The first-order chi connectivity index (χ1) is 15.2. The maximum atomic E-state index is 4.46. The van der Waals surface area contributed by atoms with Crippen molar-refractivity contribution in [2.24, 2.45) is 4.99 Å². The molecule has 0 radical (unpaired) electrons. The van der Waals surface area contributed by atoms with Crippen molar-refractivity contribution in [1.82, 2.24) is 25.3 Å². The Balaban J connectivity index is 0.00000289. The van der Waals surface area contributed by atoms with E-state index in [1.54, 1.807) is 0 Å². The molecule has 1 aliphatic heterocycles. The average Bonchev–Trinajstić information content (AvgIpc) is 3.42. The van der Waals surface area contributed by atoms with Gasteiger partial charge in [-0.2, -0.15) is 5.10 Å². The molecule has 4 rings (SSSR count). The predicted molar refractivity (Wildman–Crippen MR) is 141 cm³/mol. The molecule has 0 spiro atoms. The first kappa shape index (κ1) is 24.3. The highest BCUT2D eigenvalue weighted by Gasteiger charge is 2.29. The lowest BCUT2D eigenvalue weighted by atomic mass is 10.1. The van der Waals surface area contributed by atoms with Crippen LogP contribution in [-0.2, 0) is 19.6 Å². The molecule has 3 aromatic rings. The molecule has 7 heteroatoms. The smallest absolute Gasteiger partial charge is 0.191 e. The normalized spacial score (nSPS) is 18.9. The molecule has 32 heavy (non-hydrogen) atoms. The Hall–Kier alpha value is -2.39. The molecular weight excluding hydrogens is 511 g/mol. The minimum Gasteiger partial charge on any atom is -0.352 e. The number of halogens is 1. The van der Waals surface area contributed by atoms with Gasteiger partial charge >= 0.3 is 0 Å². The van der Waals surface area contributed by atoms with Crippen LogP contribution in [0.4, 0.5) is 0 Å². The van der Waals surface area contributed by atoms with Crippen LogP contribution in [0.3, 0.4) is 0 Å². The van der Waals surface area contributed by atoms with Crippen molar-refractivity contribution in [3.8, 4) is 0 Å². The molecule has 1 saturated heterocycles. The quantitative estimate of drug-likeness (QED) is 0.270. The molecular formula is C25H33IN6. The van der Waals surface area contributed by atoms with Crippen molar-refractivity contribution in [3.05, 3.63) is 89.7 Å². The Morgan fingerprint density at radius 2 is 1.78 bits per heavy atom.